The second-order valence-corrected chi connectivity index (χ2v) is 11.3. The summed E-state index contributed by atoms with van der Waals surface area (Å²) in [5, 5.41) is 3.55. The van der Waals surface area contributed by atoms with E-state index in [0.717, 1.165) is 29.7 Å². The normalized spacial score (nSPS) is 18.3. The van der Waals surface area contributed by atoms with E-state index in [1.807, 2.05) is 25.1 Å². The number of sulfonamides is 1. The van der Waals surface area contributed by atoms with Crippen LogP contribution in [0.3, 0.4) is 0 Å². The molecule has 0 bridgehead atoms. The lowest BCUT2D eigenvalue weighted by Gasteiger charge is -2.32. The monoisotopic (exact) mass is 541 g/mol. The van der Waals surface area contributed by atoms with Crippen LogP contribution in [0.15, 0.2) is 47.9 Å². The fourth-order valence-corrected chi connectivity index (χ4v) is 5.79. The summed E-state index contributed by atoms with van der Waals surface area (Å²) >= 11 is 6.03. The Kier molecular flexibility index (Phi) is 8.73. The summed E-state index contributed by atoms with van der Waals surface area (Å²) in [7, 11) is 0.376. The van der Waals surface area contributed by atoms with E-state index in [1.165, 1.54) is 31.3 Å². The highest BCUT2D eigenvalue weighted by Gasteiger charge is 2.23. The van der Waals surface area contributed by atoms with Gasteiger partial charge in [-0.25, -0.2) is 23.4 Å². The van der Waals surface area contributed by atoms with Crippen LogP contribution >= 0.6 is 11.6 Å². The van der Waals surface area contributed by atoms with Crippen molar-refractivity contribution in [3.8, 4) is 0 Å². The van der Waals surface area contributed by atoms with Gasteiger partial charge in [0, 0.05) is 48.1 Å². The van der Waals surface area contributed by atoms with Gasteiger partial charge < -0.3 is 10.2 Å². The van der Waals surface area contributed by atoms with Crippen molar-refractivity contribution in [2.75, 3.05) is 24.1 Å². The molecule has 0 unspecified atom stereocenters. The number of hydrogen-bond acceptors (Lipinski definition) is 8. The average Bonchev–Trinajstić information content (AvgIpc) is 2.89. The van der Waals surface area contributed by atoms with Gasteiger partial charge in [0.05, 0.1) is 5.02 Å². The maximum absolute atomic E-state index is 12.7. The number of aromatic nitrogens is 4. The molecule has 2 N–H and O–H groups in total. The van der Waals surface area contributed by atoms with Crippen molar-refractivity contribution in [2.24, 2.45) is 0 Å². The van der Waals surface area contributed by atoms with Crippen LogP contribution in [0.25, 0.3) is 12.2 Å². The molecular formula is C26H32ClN7O2S. The van der Waals surface area contributed by atoms with Crippen LogP contribution in [0, 0.1) is 0 Å². The minimum absolute atomic E-state index is 0.0953. The van der Waals surface area contributed by atoms with Crippen molar-refractivity contribution in [2.45, 2.75) is 56.0 Å². The lowest BCUT2D eigenvalue weighted by atomic mass is 9.91. The van der Waals surface area contributed by atoms with E-state index in [2.05, 4.69) is 49.0 Å². The highest BCUT2D eigenvalue weighted by molar-refractivity contribution is 7.92. The number of nitrogens with zero attached hydrogens (tertiary/aromatic N) is 5. The van der Waals surface area contributed by atoms with Crippen molar-refractivity contribution in [3.63, 3.8) is 0 Å². The van der Waals surface area contributed by atoms with E-state index >= 15 is 0 Å². The second-order valence-electron chi connectivity index (χ2n) is 9.28. The molecule has 1 fully saturated rings. The van der Waals surface area contributed by atoms with Crippen LogP contribution in [-0.4, -0.2) is 59.4 Å². The molecular weight excluding hydrogens is 510 g/mol. The quantitative estimate of drug-likeness (QED) is 0.399. The van der Waals surface area contributed by atoms with Gasteiger partial charge >= 0.3 is 0 Å². The van der Waals surface area contributed by atoms with Gasteiger partial charge in [-0.3, -0.25) is 9.71 Å². The van der Waals surface area contributed by atoms with E-state index in [4.69, 9.17) is 11.6 Å². The fraction of sp³-hybridized carbons (Fsp3) is 0.385. The number of anilines is 2. The van der Waals surface area contributed by atoms with E-state index in [-0.39, 0.29) is 15.7 Å². The van der Waals surface area contributed by atoms with Gasteiger partial charge in [-0.05, 0) is 70.0 Å². The zero-order chi connectivity index (χ0) is 26.4. The number of pyridine rings is 2. The predicted octanol–water partition coefficient (Wildman–Crippen LogP) is 4.74. The summed E-state index contributed by atoms with van der Waals surface area (Å²) < 4.78 is 27.9. The Labute approximate surface area is 223 Å². The smallest absolute Gasteiger partial charge is 0.266 e. The maximum Gasteiger partial charge on any atom is 0.266 e. The third-order valence-electron chi connectivity index (χ3n) is 6.49. The molecule has 3 heterocycles. The lowest BCUT2D eigenvalue weighted by Crippen LogP contribution is -2.36. The summed E-state index contributed by atoms with van der Waals surface area (Å²) in [6.45, 7) is 1.96. The van der Waals surface area contributed by atoms with Crippen molar-refractivity contribution in [1.29, 1.82) is 0 Å². The third-order valence-corrected chi connectivity index (χ3v) is 8.32. The van der Waals surface area contributed by atoms with Gasteiger partial charge in [0.2, 0.25) is 5.95 Å². The molecule has 3 aromatic rings. The average molecular weight is 542 g/mol. The Bertz CT molecular complexity index is 1340. The first-order chi connectivity index (χ1) is 17.7. The standard InChI is InChI=1S/C26H32ClN7O2S/c1-4-23-19(7-12-25(32-23)33-37(35,36)24-17-28-14-13-22(24)27)6-5-18-15-29-26(30-16-18)31-20-8-10-21(11-9-20)34(2)3/h5-7,12-17,20-21H,4,8-11H2,1-3H3,(H,32,33)(H,29,30,31)/b6-5+/t20-,21-. The number of hydrogen-bond donors (Lipinski definition) is 2. The molecule has 1 aliphatic rings. The van der Waals surface area contributed by atoms with E-state index in [0.29, 0.717) is 24.5 Å². The first-order valence-corrected chi connectivity index (χ1v) is 14.2. The van der Waals surface area contributed by atoms with Gasteiger partial charge in [0.15, 0.2) is 0 Å². The summed E-state index contributed by atoms with van der Waals surface area (Å²) in [6, 6.07) is 5.93. The highest BCUT2D eigenvalue weighted by atomic mass is 35.5. The van der Waals surface area contributed by atoms with Crippen molar-refractivity contribution in [3.05, 3.63) is 64.8 Å². The molecule has 3 aromatic heterocycles. The molecule has 0 aromatic carbocycles. The minimum Gasteiger partial charge on any atom is -0.351 e. The maximum atomic E-state index is 12.7. The Morgan fingerprint density at radius 2 is 1.78 bits per heavy atom. The van der Waals surface area contributed by atoms with Crippen LogP contribution < -0.4 is 10.0 Å². The molecule has 0 radical (unpaired) electrons. The molecule has 0 aliphatic heterocycles. The van der Waals surface area contributed by atoms with E-state index < -0.39 is 10.0 Å². The fourth-order valence-electron chi connectivity index (χ4n) is 4.36. The van der Waals surface area contributed by atoms with Crippen LogP contribution in [0.4, 0.5) is 11.8 Å². The summed E-state index contributed by atoms with van der Waals surface area (Å²) in [6.07, 6.45) is 15.3. The Morgan fingerprint density at radius 1 is 1.05 bits per heavy atom. The first-order valence-electron chi connectivity index (χ1n) is 12.3. The SMILES string of the molecule is CCc1nc(NS(=O)(=O)c2cnccc2Cl)ccc1/C=C/c1cnc(N[C@H]2CC[C@H](N(C)C)CC2)nc1. The molecule has 196 valence electrons. The van der Waals surface area contributed by atoms with Gasteiger partial charge in [-0.1, -0.05) is 30.7 Å². The lowest BCUT2D eigenvalue weighted by molar-refractivity contribution is 0.221. The molecule has 0 spiro atoms. The van der Waals surface area contributed by atoms with Gasteiger partial charge in [-0.2, -0.15) is 0 Å². The van der Waals surface area contributed by atoms with Crippen molar-refractivity contribution >= 4 is 45.5 Å². The van der Waals surface area contributed by atoms with Crippen LogP contribution in [0.1, 0.15) is 49.4 Å². The van der Waals surface area contributed by atoms with E-state index in [1.54, 1.807) is 18.5 Å². The van der Waals surface area contributed by atoms with Gasteiger partial charge in [-0.15, -0.1) is 0 Å². The molecule has 1 aliphatic carbocycles. The number of aryl methyl sites for hydroxylation is 1. The largest absolute Gasteiger partial charge is 0.351 e. The Balaban J connectivity index is 1.39. The highest BCUT2D eigenvalue weighted by Crippen LogP contribution is 2.24. The molecule has 9 nitrogen and oxygen atoms in total. The number of halogens is 1. The Hall–Kier alpha value is -3.08. The minimum atomic E-state index is -3.91. The molecule has 4 rings (SSSR count). The number of nitrogens with one attached hydrogen (secondary N) is 2. The first kappa shape index (κ1) is 27.0. The van der Waals surface area contributed by atoms with Crippen LogP contribution in [-0.2, 0) is 16.4 Å². The molecule has 0 amide bonds. The van der Waals surface area contributed by atoms with Crippen molar-refractivity contribution < 1.29 is 8.42 Å². The predicted molar refractivity (Wildman–Crippen MR) is 148 cm³/mol. The molecule has 0 saturated heterocycles. The van der Waals surface area contributed by atoms with Crippen LogP contribution in [0.5, 0.6) is 0 Å². The van der Waals surface area contributed by atoms with Gasteiger partial charge in [0.25, 0.3) is 10.0 Å². The zero-order valence-corrected chi connectivity index (χ0v) is 22.8. The molecule has 1 saturated carbocycles. The summed E-state index contributed by atoms with van der Waals surface area (Å²) in [4.78, 5) is 19.5. The van der Waals surface area contributed by atoms with Crippen LogP contribution in [0.2, 0.25) is 5.02 Å². The number of rotatable bonds is 9. The molecule has 11 heteroatoms. The summed E-state index contributed by atoms with van der Waals surface area (Å²) in [5.41, 5.74) is 2.49. The topological polar surface area (TPSA) is 113 Å². The van der Waals surface area contributed by atoms with E-state index in [9.17, 15) is 8.42 Å². The molecule has 0 atom stereocenters. The second kappa shape index (κ2) is 12.0. The van der Waals surface area contributed by atoms with Crippen molar-refractivity contribution in [1.82, 2.24) is 24.8 Å². The van der Waals surface area contributed by atoms with Gasteiger partial charge in [0.1, 0.15) is 10.7 Å². The Morgan fingerprint density at radius 3 is 2.43 bits per heavy atom. The zero-order valence-electron chi connectivity index (χ0n) is 21.2. The summed E-state index contributed by atoms with van der Waals surface area (Å²) in [5.74, 6) is 0.860. The molecule has 37 heavy (non-hydrogen) atoms. The third kappa shape index (κ3) is 7.03.